The highest BCUT2D eigenvalue weighted by Crippen LogP contribution is 2.53. The van der Waals surface area contributed by atoms with E-state index in [1.807, 2.05) is 0 Å². The third-order valence-corrected chi connectivity index (χ3v) is 7.82. The average Bonchev–Trinajstić information content (AvgIpc) is 2.57. The van der Waals surface area contributed by atoms with E-state index in [2.05, 4.69) is 19.7 Å². The lowest BCUT2D eigenvalue weighted by Gasteiger charge is -2.54. The van der Waals surface area contributed by atoms with Gasteiger partial charge in [-0.25, -0.2) is 22.9 Å². The van der Waals surface area contributed by atoms with Gasteiger partial charge in [0.1, 0.15) is 10.5 Å². The fraction of sp³-hybridized carbons (Fsp3) is 0.588. The van der Waals surface area contributed by atoms with Gasteiger partial charge in [-0.15, -0.1) is 0 Å². The zero-order valence-electron chi connectivity index (χ0n) is 14.1. The molecule has 0 unspecified atom stereocenters. The molecule has 0 amide bonds. The summed E-state index contributed by atoms with van der Waals surface area (Å²) in [5.41, 5.74) is -1.24. The quantitative estimate of drug-likeness (QED) is 0.728. The van der Waals surface area contributed by atoms with Crippen LogP contribution in [0.15, 0.2) is 26.7 Å². The number of nitrogens with one attached hydrogen (secondary N) is 3. The predicted molar refractivity (Wildman–Crippen MR) is 94.1 cm³/mol. The second-order valence-corrected chi connectivity index (χ2v) is 9.77. The lowest BCUT2D eigenvalue weighted by molar-refractivity contribution is -0.00557. The summed E-state index contributed by atoms with van der Waals surface area (Å²) in [6.45, 7) is 0. The minimum absolute atomic E-state index is 0.0302. The molecule has 0 spiro atoms. The van der Waals surface area contributed by atoms with E-state index in [-0.39, 0.29) is 22.0 Å². The molecule has 138 valence electrons. The molecule has 4 fully saturated rings. The van der Waals surface area contributed by atoms with Crippen molar-refractivity contribution in [2.24, 2.45) is 23.7 Å². The van der Waals surface area contributed by atoms with Crippen LogP contribution in [-0.2, 0) is 10.0 Å². The molecule has 6 rings (SSSR count). The zero-order chi connectivity index (χ0) is 18.1. The first-order chi connectivity index (χ1) is 12.4. The predicted octanol–water partition coefficient (Wildman–Crippen LogP) is 0.714. The molecule has 0 aliphatic heterocycles. The van der Waals surface area contributed by atoms with Gasteiger partial charge in [-0.05, 0) is 61.8 Å². The van der Waals surface area contributed by atoms with Crippen molar-refractivity contribution in [2.45, 2.75) is 43.0 Å². The molecule has 0 atom stereocenters. The maximum absolute atomic E-state index is 12.9. The highest BCUT2D eigenvalue weighted by molar-refractivity contribution is 7.89. The van der Waals surface area contributed by atoms with Crippen molar-refractivity contribution in [1.29, 1.82) is 0 Å². The maximum Gasteiger partial charge on any atom is 0.327 e. The van der Waals surface area contributed by atoms with Gasteiger partial charge in [0.25, 0.3) is 5.56 Å². The molecule has 4 aliphatic rings. The summed E-state index contributed by atoms with van der Waals surface area (Å²) in [6.07, 6.45) is 6.93. The van der Waals surface area contributed by atoms with Crippen LogP contribution in [0.1, 0.15) is 32.1 Å². The van der Waals surface area contributed by atoms with Crippen LogP contribution in [0, 0.1) is 23.7 Å². The first kappa shape index (κ1) is 16.2. The minimum Gasteiger partial charge on any atom is -0.291 e. The molecule has 2 heterocycles. The highest BCUT2D eigenvalue weighted by atomic mass is 32.2. The van der Waals surface area contributed by atoms with Gasteiger partial charge in [0.15, 0.2) is 0 Å². The van der Waals surface area contributed by atoms with Gasteiger partial charge < -0.3 is 0 Å². The number of aromatic amines is 2. The third kappa shape index (κ3) is 2.52. The molecule has 0 saturated heterocycles. The Morgan fingerprint density at radius 1 is 1.00 bits per heavy atom. The van der Waals surface area contributed by atoms with E-state index >= 15 is 0 Å². The summed E-state index contributed by atoms with van der Waals surface area (Å²) < 4.78 is 28.7. The Balaban J connectivity index is 1.48. The summed E-state index contributed by atoms with van der Waals surface area (Å²) in [5, 5.41) is 0.0533. The third-order valence-electron chi connectivity index (χ3n) is 6.39. The standard InChI is InChI=1S/C17H20N4O4S/c22-16-13-6-12(7-18-15(13)19-17(23)20-16)26(24,25)21-14-10-2-8-1-9(4-10)5-11(14)3-8/h6-11,14,21H,1-5H2,(H2,18,19,20,22,23). The Hall–Kier alpha value is -2.00. The lowest BCUT2D eigenvalue weighted by Crippen LogP contribution is -2.55. The fourth-order valence-electron chi connectivity index (χ4n) is 5.54. The Labute approximate surface area is 149 Å². The molecule has 4 aliphatic carbocycles. The summed E-state index contributed by atoms with van der Waals surface area (Å²) in [4.78, 5) is 31.6. The normalized spacial score (nSPS) is 33.0. The van der Waals surface area contributed by atoms with Crippen molar-refractivity contribution < 1.29 is 8.42 Å². The molecule has 8 nitrogen and oxygen atoms in total. The van der Waals surface area contributed by atoms with Crippen LogP contribution in [0.25, 0.3) is 11.0 Å². The molecule has 0 aromatic carbocycles. The zero-order valence-corrected chi connectivity index (χ0v) is 14.9. The molecule has 3 N–H and O–H groups in total. The molecule has 4 bridgehead atoms. The number of rotatable bonds is 3. The number of pyridine rings is 1. The second kappa shape index (κ2) is 5.50. The second-order valence-electron chi connectivity index (χ2n) is 8.05. The molecule has 2 aromatic rings. The molecule has 2 aromatic heterocycles. The van der Waals surface area contributed by atoms with E-state index in [0.717, 1.165) is 37.5 Å². The van der Waals surface area contributed by atoms with Crippen molar-refractivity contribution in [2.75, 3.05) is 0 Å². The largest absolute Gasteiger partial charge is 0.327 e. The van der Waals surface area contributed by atoms with Crippen molar-refractivity contribution in [3.63, 3.8) is 0 Å². The van der Waals surface area contributed by atoms with Gasteiger partial charge in [-0.2, -0.15) is 0 Å². The monoisotopic (exact) mass is 376 g/mol. The number of nitrogens with zero attached hydrogens (tertiary/aromatic N) is 1. The van der Waals surface area contributed by atoms with Crippen molar-refractivity contribution in [1.82, 2.24) is 19.7 Å². The van der Waals surface area contributed by atoms with Gasteiger partial charge in [-0.3, -0.25) is 14.8 Å². The lowest BCUT2D eigenvalue weighted by atomic mass is 9.54. The number of hydrogen-bond donors (Lipinski definition) is 3. The molecule has 4 saturated carbocycles. The summed E-state index contributed by atoms with van der Waals surface area (Å²) in [6, 6.07) is 1.24. The Bertz CT molecular complexity index is 1080. The van der Waals surface area contributed by atoms with Crippen LogP contribution in [-0.4, -0.2) is 29.4 Å². The molecular formula is C17H20N4O4S. The van der Waals surface area contributed by atoms with Gasteiger partial charge in [0.2, 0.25) is 10.0 Å². The SMILES string of the molecule is O=c1[nH]c(=O)c2cc(S(=O)(=O)NC3C4CC5CC(C4)CC3C5)cnc2[nH]1. The molecule has 9 heteroatoms. The number of H-pyrrole nitrogens is 2. The van der Waals surface area contributed by atoms with Gasteiger partial charge in [0, 0.05) is 12.2 Å². The maximum atomic E-state index is 12.9. The van der Waals surface area contributed by atoms with Crippen LogP contribution < -0.4 is 16.0 Å². The number of hydrogen-bond acceptors (Lipinski definition) is 5. The smallest absolute Gasteiger partial charge is 0.291 e. The topological polar surface area (TPSA) is 125 Å². The Morgan fingerprint density at radius 2 is 1.65 bits per heavy atom. The average molecular weight is 376 g/mol. The van der Waals surface area contributed by atoms with Crippen LogP contribution in [0.4, 0.5) is 0 Å². The first-order valence-electron chi connectivity index (χ1n) is 9.04. The van der Waals surface area contributed by atoms with Crippen molar-refractivity contribution in [3.8, 4) is 0 Å². The number of fused-ring (bicyclic) bond motifs is 1. The van der Waals surface area contributed by atoms with Crippen molar-refractivity contribution >= 4 is 21.1 Å². The molecule has 26 heavy (non-hydrogen) atoms. The molecular weight excluding hydrogens is 356 g/mol. The van der Waals surface area contributed by atoms with Crippen LogP contribution >= 0.6 is 0 Å². The minimum atomic E-state index is -3.78. The number of aromatic nitrogens is 3. The fourth-order valence-corrected chi connectivity index (χ4v) is 6.88. The summed E-state index contributed by atoms with van der Waals surface area (Å²) >= 11 is 0. The number of sulfonamides is 1. The first-order valence-corrected chi connectivity index (χ1v) is 10.5. The van der Waals surface area contributed by atoms with Gasteiger partial charge in [0.05, 0.1) is 5.39 Å². The van der Waals surface area contributed by atoms with E-state index < -0.39 is 21.3 Å². The Kier molecular flexibility index (Phi) is 3.42. The van der Waals surface area contributed by atoms with E-state index in [9.17, 15) is 18.0 Å². The van der Waals surface area contributed by atoms with Crippen LogP contribution in [0.5, 0.6) is 0 Å². The van der Waals surface area contributed by atoms with E-state index in [1.54, 1.807) is 0 Å². The van der Waals surface area contributed by atoms with Gasteiger partial charge >= 0.3 is 5.69 Å². The van der Waals surface area contributed by atoms with E-state index in [4.69, 9.17) is 0 Å². The van der Waals surface area contributed by atoms with E-state index in [1.165, 1.54) is 18.7 Å². The van der Waals surface area contributed by atoms with Crippen molar-refractivity contribution in [3.05, 3.63) is 33.1 Å². The summed E-state index contributed by atoms with van der Waals surface area (Å²) in [7, 11) is -3.78. The van der Waals surface area contributed by atoms with Crippen LogP contribution in [0.3, 0.4) is 0 Å². The van der Waals surface area contributed by atoms with Gasteiger partial charge in [-0.1, -0.05) is 0 Å². The van der Waals surface area contributed by atoms with E-state index in [0.29, 0.717) is 11.8 Å². The van der Waals surface area contributed by atoms with Crippen LogP contribution in [0.2, 0.25) is 0 Å². The Morgan fingerprint density at radius 3 is 2.31 bits per heavy atom. The summed E-state index contributed by atoms with van der Waals surface area (Å²) in [5.74, 6) is 2.34. The molecule has 0 radical (unpaired) electrons. The highest BCUT2D eigenvalue weighted by Gasteiger charge is 2.49.